The van der Waals surface area contributed by atoms with Gasteiger partial charge in [-0.1, -0.05) is 12.1 Å². The lowest BCUT2D eigenvalue weighted by Crippen LogP contribution is -2.19. The molecular weight excluding hydrogens is 399 g/mol. The molecule has 1 aliphatic heterocycles. The van der Waals surface area contributed by atoms with Crippen LogP contribution in [0.4, 0.5) is 5.69 Å². The smallest absolute Gasteiger partial charge is 0.141 e. The Kier molecular flexibility index (Phi) is 7.74. The van der Waals surface area contributed by atoms with Crippen LogP contribution in [0.5, 0.6) is 0 Å². The fourth-order valence-electron chi connectivity index (χ4n) is 3.64. The third-order valence-electron chi connectivity index (χ3n) is 5.04. The van der Waals surface area contributed by atoms with Crippen molar-refractivity contribution in [2.24, 2.45) is 10.7 Å². The number of fused-ring (bicyclic) bond motifs is 1. The van der Waals surface area contributed by atoms with Crippen molar-refractivity contribution in [2.75, 3.05) is 20.1 Å². The molecule has 27 heavy (non-hydrogen) atoms. The second kappa shape index (κ2) is 9.60. The van der Waals surface area contributed by atoms with E-state index < -0.39 is 0 Å². The van der Waals surface area contributed by atoms with E-state index in [2.05, 4.69) is 45.9 Å². The van der Waals surface area contributed by atoms with Gasteiger partial charge in [-0.25, -0.2) is 4.99 Å². The van der Waals surface area contributed by atoms with Gasteiger partial charge in [0.15, 0.2) is 0 Å². The zero-order valence-corrected chi connectivity index (χ0v) is 17.8. The summed E-state index contributed by atoms with van der Waals surface area (Å²) in [6.07, 6.45) is 5.92. The molecule has 1 atom stereocenters. The zero-order valence-electron chi connectivity index (χ0n) is 15.4. The second-order valence-corrected chi connectivity index (χ2v) is 7.78. The number of nitrogens with two attached hydrogens (primary N) is 1. The van der Waals surface area contributed by atoms with Crippen LogP contribution in [0, 0.1) is 0 Å². The van der Waals surface area contributed by atoms with E-state index in [0.29, 0.717) is 11.9 Å². The second-order valence-electron chi connectivity index (χ2n) is 6.83. The van der Waals surface area contributed by atoms with E-state index >= 15 is 0 Å². The SMILES string of the molecule is CN1CCCC(n2ccc3ccc(N=C(N)c4cccs4)cc32)CC1.Cl.Cl. The van der Waals surface area contributed by atoms with Gasteiger partial charge in [-0.05, 0) is 74.4 Å². The molecule has 1 unspecified atom stereocenters. The monoisotopic (exact) mass is 424 g/mol. The molecule has 3 aromatic rings. The van der Waals surface area contributed by atoms with E-state index in [-0.39, 0.29) is 24.8 Å². The molecule has 7 heteroatoms. The van der Waals surface area contributed by atoms with Crippen molar-refractivity contribution in [3.63, 3.8) is 0 Å². The van der Waals surface area contributed by atoms with Gasteiger partial charge in [0.25, 0.3) is 0 Å². The van der Waals surface area contributed by atoms with Crippen LogP contribution in [0.1, 0.15) is 30.2 Å². The molecule has 4 nitrogen and oxygen atoms in total. The Hall–Kier alpha value is -1.53. The molecule has 0 saturated carbocycles. The number of aliphatic imine (C=N–C) groups is 1. The van der Waals surface area contributed by atoms with Crippen molar-refractivity contribution in [3.05, 3.63) is 52.9 Å². The first-order valence-corrected chi connectivity index (χ1v) is 9.76. The number of hydrogen-bond acceptors (Lipinski definition) is 3. The lowest BCUT2D eigenvalue weighted by Gasteiger charge is -2.18. The van der Waals surface area contributed by atoms with Crippen molar-refractivity contribution in [1.82, 2.24) is 9.47 Å². The number of thiophene rings is 1. The Morgan fingerprint density at radius 2 is 2.00 bits per heavy atom. The van der Waals surface area contributed by atoms with Crippen LogP contribution in [-0.4, -0.2) is 35.4 Å². The minimum Gasteiger partial charge on any atom is -0.383 e. The molecule has 0 amide bonds. The highest BCUT2D eigenvalue weighted by atomic mass is 35.5. The lowest BCUT2D eigenvalue weighted by molar-refractivity contribution is 0.342. The Morgan fingerprint density at radius 1 is 1.15 bits per heavy atom. The number of hydrogen-bond donors (Lipinski definition) is 1. The molecule has 146 valence electrons. The number of likely N-dealkylation sites (tertiary alicyclic amines) is 1. The van der Waals surface area contributed by atoms with E-state index in [1.165, 1.54) is 36.7 Å². The molecular formula is C20H26Cl2N4S. The summed E-state index contributed by atoms with van der Waals surface area (Å²) in [7, 11) is 2.22. The highest BCUT2D eigenvalue weighted by Crippen LogP contribution is 2.30. The van der Waals surface area contributed by atoms with Crippen molar-refractivity contribution in [1.29, 1.82) is 0 Å². The van der Waals surface area contributed by atoms with Crippen molar-refractivity contribution < 1.29 is 0 Å². The minimum absolute atomic E-state index is 0. The summed E-state index contributed by atoms with van der Waals surface area (Å²) in [6, 6.07) is 13.1. The summed E-state index contributed by atoms with van der Waals surface area (Å²) < 4.78 is 2.44. The Bertz CT molecular complexity index is 889. The summed E-state index contributed by atoms with van der Waals surface area (Å²) >= 11 is 1.62. The zero-order chi connectivity index (χ0) is 17.2. The van der Waals surface area contributed by atoms with Gasteiger partial charge in [-0.3, -0.25) is 0 Å². The van der Waals surface area contributed by atoms with Crippen molar-refractivity contribution in [3.8, 4) is 0 Å². The van der Waals surface area contributed by atoms with Gasteiger partial charge in [-0.15, -0.1) is 36.2 Å². The Labute approximate surface area is 176 Å². The van der Waals surface area contributed by atoms with E-state index in [9.17, 15) is 0 Å². The molecule has 3 heterocycles. The van der Waals surface area contributed by atoms with Crippen LogP contribution in [-0.2, 0) is 0 Å². The normalized spacial score (nSPS) is 18.6. The predicted molar refractivity (Wildman–Crippen MR) is 122 cm³/mol. The van der Waals surface area contributed by atoms with Crippen molar-refractivity contribution in [2.45, 2.75) is 25.3 Å². The average Bonchev–Trinajstić information content (AvgIpc) is 3.23. The minimum atomic E-state index is 0. The third kappa shape index (κ3) is 4.85. The first-order valence-electron chi connectivity index (χ1n) is 8.88. The maximum Gasteiger partial charge on any atom is 0.141 e. The Morgan fingerprint density at radius 3 is 2.78 bits per heavy atom. The van der Waals surface area contributed by atoms with Crippen LogP contribution in [0.3, 0.4) is 0 Å². The predicted octanol–water partition coefficient (Wildman–Crippen LogP) is 5.24. The average molecular weight is 425 g/mol. The van der Waals surface area contributed by atoms with Crippen LogP contribution in [0.25, 0.3) is 10.9 Å². The maximum atomic E-state index is 6.16. The molecule has 0 spiro atoms. The van der Waals surface area contributed by atoms with Gasteiger partial charge in [0.2, 0.25) is 0 Å². The fraction of sp³-hybridized carbons (Fsp3) is 0.350. The van der Waals surface area contributed by atoms with Crippen molar-refractivity contribution >= 4 is 58.6 Å². The molecule has 0 aliphatic carbocycles. The fourth-order valence-corrected chi connectivity index (χ4v) is 4.27. The number of rotatable bonds is 3. The highest BCUT2D eigenvalue weighted by molar-refractivity contribution is 7.12. The quantitative estimate of drug-likeness (QED) is 0.461. The van der Waals surface area contributed by atoms with Gasteiger partial charge in [-0.2, -0.15) is 0 Å². The first-order chi connectivity index (χ1) is 12.2. The number of halogens is 2. The van der Waals surface area contributed by atoms with Gasteiger partial charge in [0.1, 0.15) is 5.84 Å². The highest BCUT2D eigenvalue weighted by Gasteiger charge is 2.17. The lowest BCUT2D eigenvalue weighted by atomic mass is 10.1. The van der Waals surface area contributed by atoms with Gasteiger partial charge >= 0.3 is 0 Å². The first kappa shape index (κ1) is 21.8. The summed E-state index contributed by atoms with van der Waals surface area (Å²) in [5, 5.41) is 3.29. The molecule has 1 aromatic carbocycles. The van der Waals surface area contributed by atoms with E-state index in [1.807, 2.05) is 23.6 Å². The molecule has 1 fully saturated rings. The van der Waals surface area contributed by atoms with Crippen LogP contribution >= 0.6 is 36.2 Å². The Balaban J connectivity index is 0.00000131. The summed E-state index contributed by atoms with van der Waals surface area (Å²) in [5.74, 6) is 0.587. The van der Waals surface area contributed by atoms with Gasteiger partial charge < -0.3 is 15.2 Å². The van der Waals surface area contributed by atoms with E-state index in [1.54, 1.807) is 11.3 Å². The number of amidine groups is 1. The number of benzene rings is 1. The summed E-state index contributed by atoms with van der Waals surface area (Å²) in [5.41, 5.74) is 8.34. The summed E-state index contributed by atoms with van der Waals surface area (Å²) in [4.78, 5) is 8.08. The topological polar surface area (TPSA) is 46.5 Å². The van der Waals surface area contributed by atoms with Gasteiger partial charge in [0, 0.05) is 12.2 Å². The van der Waals surface area contributed by atoms with E-state index in [0.717, 1.165) is 17.1 Å². The molecule has 0 radical (unpaired) electrons. The third-order valence-corrected chi connectivity index (χ3v) is 5.94. The molecule has 1 saturated heterocycles. The largest absolute Gasteiger partial charge is 0.383 e. The van der Waals surface area contributed by atoms with E-state index in [4.69, 9.17) is 5.73 Å². The molecule has 2 N–H and O–H groups in total. The standard InChI is InChI=1S/C20H24N4S.2ClH/c1-23-10-2-4-17(9-11-23)24-12-8-15-6-7-16(14-18(15)24)22-20(21)19-5-3-13-25-19;;/h3,5-8,12-14,17H,2,4,9-11H2,1H3,(H2,21,22);2*1H. The van der Waals surface area contributed by atoms with Gasteiger partial charge in [0.05, 0.1) is 16.1 Å². The molecule has 4 rings (SSSR count). The summed E-state index contributed by atoms with van der Waals surface area (Å²) in [6.45, 7) is 2.36. The number of nitrogens with zero attached hydrogens (tertiary/aromatic N) is 3. The van der Waals surface area contributed by atoms with Crippen LogP contribution in [0.15, 0.2) is 53.0 Å². The molecule has 2 aromatic heterocycles. The molecule has 0 bridgehead atoms. The van der Waals surface area contributed by atoms with Crippen LogP contribution in [0.2, 0.25) is 0 Å². The molecule has 1 aliphatic rings. The van der Waals surface area contributed by atoms with Crippen LogP contribution < -0.4 is 5.73 Å². The maximum absolute atomic E-state index is 6.16. The number of aromatic nitrogens is 1.